The molecule has 2 atom stereocenters. The Morgan fingerprint density at radius 1 is 1.50 bits per heavy atom. The molecule has 102 valence electrons. The fourth-order valence-electron chi connectivity index (χ4n) is 2.86. The monoisotopic (exact) mass is 251 g/mol. The maximum atomic E-state index is 5.64. The number of aromatic nitrogens is 2. The lowest BCUT2D eigenvalue weighted by Crippen LogP contribution is -2.29. The van der Waals surface area contributed by atoms with Crippen molar-refractivity contribution in [3.8, 4) is 0 Å². The molecule has 0 saturated carbocycles. The van der Waals surface area contributed by atoms with Crippen molar-refractivity contribution in [3.63, 3.8) is 0 Å². The fourth-order valence-corrected chi connectivity index (χ4v) is 2.86. The lowest BCUT2D eigenvalue weighted by Gasteiger charge is -2.17. The summed E-state index contributed by atoms with van der Waals surface area (Å²) >= 11 is 0. The Hall–Kier alpha value is -0.870. The maximum Gasteiger partial charge on any atom is 0.0700 e. The van der Waals surface area contributed by atoms with Gasteiger partial charge in [0, 0.05) is 37.0 Å². The second-order valence-electron chi connectivity index (χ2n) is 5.17. The van der Waals surface area contributed by atoms with Crippen LogP contribution in [0.1, 0.15) is 49.7 Å². The van der Waals surface area contributed by atoms with Gasteiger partial charge in [0.05, 0.1) is 11.8 Å². The summed E-state index contributed by atoms with van der Waals surface area (Å²) in [6.07, 6.45) is 2.78. The van der Waals surface area contributed by atoms with Crippen molar-refractivity contribution in [2.75, 3.05) is 13.2 Å². The Kier molecular flexibility index (Phi) is 4.40. The van der Waals surface area contributed by atoms with Gasteiger partial charge in [-0.25, -0.2) is 0 Å². The van der Waals surface area contributed by atoms with E-state index in [1.165, 1.54) is 24.1 Å². The molecule has 2 heterocycles. The predicted octanol–water partition coefficient (Wildman–Crippen LogP) is 2.35. The van der Waals surface area contributed by atoms with Crippen molar-refractivity contribution in [1.29, 1.82) is 0 Å². The van der Waals surface area contributed by atoms with Gasteiger partial charge in [-0.2, -0.15) is 5.10 Å². The summed E-state index contributed by atoms with van der Waals surface area (Å²) < 4.78 is 7.72. The van der Waals surface area contributed by atoms with E-state index in [2.05, 4.69) is 42.8 Å². The number of hydrogen-bond donors (Lipinski definition) is 1. The van der Waals surface area contributed by atoms with Crippen LogP contribution in [0.5, 0.6) is 0 Å². The molecule has 0 aromatic carbocycles. The van der Waals surface area contributed by atoms with Crippen LogP contribution in [-0.2, 0) is 11.3 Å². The molecule has 4 heteroatoms. The van der Waals surface area contributed by atoms with E-state index in [-0.39, 0.29) is 0 Å². The molecule has 0 amide bonds. The van der Waals surface area contributed by atoms with E-state index >= 15 is 0 Å². The van der Waals surface area contributed by atoms with Crippen LogP contribution in [0.25, 0.3) is 0 Å². The third-order valence-electron chi connectivity index (χ3n) is 3.85. The molecule has 0 bridgehead atoms. The third kappa shape index (κ3) is 2.75. The Morgan fingerprint density at radius 2 is 2.28 bits per heavy atom. The van der Waals surface area contributed by atoms with Gasteiger partial charge in [0.2, 0.25) is 0 Å². The largest absolute Gasteiger partial charge is 0.377 e. The topological polar surface area (TPSA) is 39.1 Å². The molecular weight excluding hydrogens is 226 g/mol. The van der Waals surface area contributed by atoms with Crippen molar-refractivity contribution in [2.45, 2.75) is 59.2 Å². The molecule has 1 aromatic rings. The molecule has 0 radical (unpaired) electrons. The first-order valence-electron chi connectivity index (χ1n) is 7.02. The molecule has 2 rings (SSSR count). The summed E-state index contributed by atoms with van der Waals surface area (Å²) in [7, 11) is 0. The summed E-state index contributed by atoms with van der Waals surface area (Å²) in [6, 6.07) is 0.342. The minimum absolute atomic E-state index is 0.342. The smallest absolute Gasteiger partial charge is 0.0700 e. The molecule has 0 aliphatic carbocycles. The van der Waals surface area contributed by atoms with Crippen LogP contribution in [-0.4, -0.2) is 29.0 Å². The van der Waals surface area contributed by atoms with Crippen LogP contribution in [0, 0.1) is 13.8 Å². The number of rotatable bonds is 5. The average molecular weight is 251 g/mol. The van der Waals surface area contributed by atoms with Crippen LogP contribution >= 0.6 is 0 Å². The zero-order valence-corrected chi connectivity index (χ0v) is 12.0. The molecule has 4 nitrogen and oxygen atoms in total. The minimum Gasteiger partial charge on any atom is -0.377 e. The van der Waals surface area contributed by atoms with Crippen LogP contribution in [0.4, 0.5) is 0 Å². The number of nitrogens with zero attached hydrogens (tertiary/aromatic N) is 2. The van der Waals surface area contributed by atoms with E-state index in [1.807, 2.05) is 0 Å². The number of ether oxygens (including phenoxy) is 1. The number of aryl methyl sites for hydroxylation is 2. The Morgan fingerprint density at radius 3 is 2.83 bits per heavy atom. The fraction of sp³-hybridized carbons (Fsp3) is 0.786. The summed E-state index contributed by atoms with van der Waals surface area (Å²) in [4.78, 5) is 0. The average Bonchev–Trinajstić information content (AvgIpc) is 2.94. The molecule has 1 fully saturated rings. The second-order valence-corrected chi connectivity index (χ2v) is 5.17. The highest BCUT2D eigenvalue weighted by Crippen LogP contribution is 2.22. The SMILES string of the molecule is CCn1nc(C)c(C(C)NCC2CCCO2)c1C. The van der Waals surface area contributed by atoms with Crippen molar-refractivity contribution in [2.24, 2.45) is 0 Å². The van der Waals surface area contributed by atoms with Gasteiger partial charge < -0.3 is 10.1 Å². The highest BCUT2D eigenvalue weighted by molar-refractivity contribution is 5.27. The van der Waals surface area contributed by atoms with Gasteiger partial charge in [-0.05, 0) is 40.5 Å². The first-order valence-corrected chi connectivity index (χ1v) is 7.02. The highest BCUT2D eigenvalue weighted by Gasteiger charge is 2.20. The zero-order chi connectivity index (χ0) is 13.1. The molecule has 1 aliphatic rings. The van der Waals surface area contributed by atoms with Gasteiger partial charge in [-0.15, -0.1) is 0 Å². The van der Waals surface area contributed by atoms with E-state index in [0.717, 1.165) is 25.4 Å². The van der Waals surface area contributed by atoms with E-state index in [0.29, 0.717) is 12.1 Å². The third-order valence-corrected chi connectivity index (χ3v) is 3.85. The van der Waals surface area contributed by atoms with Crippen molar-refractivity contribution < 1.29 is 4.74 Å². The molecule has 0 spiro atoms. The van der Waals surface area contributed by atoms with Gasteiger partial charge in [0.15, 0.2) is 0 Å². The lowest BCUT2D eigenvalue weighted by molar-refractivity contribution is 0.108. The molecule has 2 unspecified atom stereocenters. The summed E-state index contributed by atoms with van der Waals surface area (Å²) in [5.41, 5.74) is 3.76. The first kappa shape index (κ1) is 13.6. The van der Waals surface area contributed by atoms with Crippen LogP contribution in [0.2, 0.25) is 0 Å². The van der Waals surface area contributed by atoms with Gasteiger partial charge in [0.1, 0.15) is 0 Å². The molecular formula is C14H25N3O. The standard InChI is InChI=1S/C14H25N3O/c1-5-17-12(4)14(11(3)16-17)10(2)15-9-13-7-6-8-18-13/h10,13,15H,5-9H2,1-4H3. The summed E-state index contributed by atoms with van der Waals surface area (Å²) in [6.45, 7) is 11.4. The molecule has 1 N–H and O–H groups in total. The molecule has 1 aliphatic heterocycles. The van der Waals surface area contributed by atoms with Gasteiger partial charge in [-0.3, -0.25) is 4.68 Å². The quantitative estimate of drug-likeness (QED) is 0.873. The van der Waals surface area contributed by atoms with Gasteiger partial charge in [-0.1, -0.05) is 0 Å². The Labute approximate surface area is 110 Å². The molecule has 18 heavy (non-hydrogen) atoms. The Balaban J connectivity index is 1.99. The van der Waals surface area contributed by atoms with E-state index in [9.17, 15) is 0 Å². The lowest BCUT2D eigenvalue weighted by atomic mass is 10.1. The normalized spacial score (nSPS) is 21.4. The Bertz CT molecular complexity index is 394. The number of hydrogen-bond acceptors (Lipinski definition) is 3. The van der Waals surface area contributed by atoms with Crippen molar-refractivity contribution >= 4 is 0 Å². The predicted molar refractivity (Wildman–Crippen MR) is 72.8 cm³/mol. The highest BCUT2D eigenvalue weighted by atomic mass is 16.5. The van der Waals surface area contributed by atoms with Crippen molar-refractivity contribution in [1.82, 2.24) is 15.1 Å². The van der Waals surface area contributed by atoms with Crippen LogP contribution in [0.3, 0.4) is 0 Å². The van der Waals surface area contributed by atoms with E-state index in [4.69, 9.17) is 4.74 Å². The minimum atomic E-state index is 0.342. The summed E-state index contributed by atoms with van der Waals surface area (Å²) in [5, 5.41) is 8.16. The molecule has 1 saturated heterocycles. The zero-order valence-electron chi connectivity index (χ0n) is 12.0. The summed E-state index contributed by atoms with van der Waals surface area (Å²) in [5.74, 6) is 0. The van der Waals surface area contributed by atoms with E-state index in [1.54, 1.807) is 0 Å². The van der Waals surface area contributed by atoms with Crippen LogP contribution < -0.4 is 5.32 Å². The van der Waals surface area contributed by atoms with Crippen LogP contribution in [0.15, 0.2) is 0 Å². The van der Waals surface area contributed by atoms with Gasteiger partial charge in [0.25, 0.3) is 0 Å². The number of nitrogens with one attached hydrogen (secondary N) is 1. The van der Waals surface area contributed by atoms with Gasteiger partial charge >= 0.3 is 0 Å². The van der Waals surface area contributed by atoms with Crippen molar-refractivity contribution in [3.05, 3.63) is 17.0 Å². The molecule has 1 aromatic heterocycles. The maximum absolute atomic E-state index is 5.64. The second kappa shape index (κ2) is 5.85. The first-order chi connectivity index (χ1) is 8.63. The van der Waals surface area contributed by atoms with E-state index < -0.39 is 0 Å².